The van der Waals surface area contributed by atoms with Crippen molar-refractivity contribution in [2.45, 2.75) is 64.2 Å². The molecule has 6 heteroatoms. The number of hydrogen-bond acceptors (Lipinski definition) is 5. The number of rotatable bonds is 2. The van der Waals surface area contributed by atoms with Crippen molar-refractivity contribution in [1.29, 1.82) is 0 Å². The van der Waals surface area contributed by atoms with Crippen molar-refractivity contribution in [1.82, 2.24) is 0 Å². The molecule has 0 aromatic heterocycles. The molecule has 0 saturated carbocycles. The number of nitrogens with zero attached hydrogens (tertiary/aromatic N) is 2. The average Bonchev–Trinajstić information content (AvgIpc) is 3.12. The van der Waals surface area contributed by atoms with Crippen molar-refractivity contribution in [2.75, 3.05) is 10.1 Å². The van der Waals surface area contributed by atoms with E-state index in [1.54, 1.807) is 18.2 Å². The Labute approximate surface area is 223 Å². The predicted molar refractivity (Wildman–Crippen MR) is 148 cm³/mol. The van der Waals surface area contributed by atoms with E-state index in [9.17, 15) is 20.0 Å². The zero-order valence-corrected chi connectivity index (χ0v) is 22.6. The number of hydrogen-bond donors (Lipinski definition) is 1. The van der Waals surface area contributed by atoms with Gasteiger partial charge in [0, 0.05) is 11.8 Å². The minimum absolute atomic E-state index is 0.0662. The number of carbonyl (C=O) groups excluding carboxylic acids is 2. The Kier molecular flexibility index (Phi) is 5.24. The summed E-state index contributed by atoms with van der Waals surface area (Å²) >= 11 is 0. The quantitative estimate of drug-likeness (QED) is 0.320. The highest BCUT2D eigenvalue weighted by atomic mass is 16.8. The number of para-hydroxylation sites is 2. The highest BCUT2D eigenvalue weighted by molar-refractivity contribution is 6.24. The standard InChI is InChI=1S/C32H33N2O4/c1-31(2,3)17-11-13-19-21(15-17)25-20-14-12-18(32(4,5)6)16-22(20)26(19)28-27(25)29(35)33(30(28)36)23-9-7-8-10-24(23)34(37)38/h7-16,25-28,37H,1-6H3/q-1/t25-,26+,27-,28+. The Bertz CT molecular complexity index is 1410. The molecule has 1 fully saturated rings. The van der Waals surface area contributed by atoms with Crippen LogP contribution in [0, 0.1) is 17.0 Å². The van der Waals surface area contributed by atoms with Crippen molar-refractivity contribution in [2.24, 2.45) is 11.8 Å². The monoisotopic (exact) mass is 509 g/mol. The molecule has 1 aliphatic heterocycles. The number of amides is 2. The molecule has 2 bridgehead atoms. The molecule has 38 heavy (non-hydrogen) atoms. The lowest BCUT2D eigenvalue weighted by Gasteiger charge is -2.47. The first-order chi connectivity index (χ1) is 17.8. The number of imide groups is 1. The lowest BCUT2D eigenvalue weighted by molar-refractivity contribution is -0.122. The predicted octanol–water partition coefficient (Wildman–Crippen LogP) is 6.37. The summed E-state index contributed by atoms with van der Waals surface area (Å²) in [5.74, 6) is -2.32. The maximum absolute atomic E-state index is 14.1. The van der Waals surface area contributed by atoms with Crippen LogP contribution in [-0.4, -0.2) is 17.0 Å². The van der Waals surface area contributed by atoms with E-state index in [0.717, 1.165) is 27.2 Å². The molecular weight excluding hydrogens is 476 g/mol. The van der Waals surface area contributed by atoms with Gasteiger partial charge in [0.2, 0.25) is 11.8 Å². The Morgan fingerprint density at radius 2 is 1.16 bits per heavy atom. The molecule has 196 valence electrons. The van der Waals surface area contributed by atoms with Gasteiger partial charge in [-0.15, -0.1) is 0 Å². The molecule has 0 radical (unpaired) electrons. The summed E-state index contributed by atoms with van der Waals surface area (Å²) in [6.45, 7) is 13.1. The van der Waals surface area contributed by atoms with Gasteiger partial charge >= 0.3 is 0 Å². The number of anilines is 2. The highest BCUT2D eigenvalue weighted by Crippen LogP contribution is 2.62. The van der Waals surface area contributed by atoms with Crippen LogP contribution in [0.5, 0.6) is 0 Å². The third kappa shape index (κ3) is 3.40. The fraction of sp³-hybridized carbons (Fsp3) is 0.375. The molecule has 0 spiro atoms. The second kappa shape index (κ2) is 8.01. The first kappa shape index (κ1) is 24.8. The molecule has 0 unspecified atom stereocenters. The van der Waals surface area contributed by atoms with E-state index >= 15 is 0 Å². The minimum Gasteiger partial charge on any atom is -0.733 e. The Morgan fingerprint density at radius 3 is 1.58 bits per heavy atom. The lowest BCUT2D eigenvalue weighted by Crippen LogP contribution is -2.42. The average molecular weight is 510 g/mol. The van der Waals surface area contributed by atoms with E-state index in [2.05, 4.69) is 77.9 Å². The molecule has 4 aliphatic rings. The molecule has 6 nitrogen and oxygen atoms in total. The van der Waals surface area contributed by atoms with Crippen LogP contribution in [-0.2, 0) is 20.4 Å². The van der Waals surface area contributed by atoms with Crippen molar-refractivity contribution in [3.05, 3.63) is 99.3 Å². The topological polar surface area (TPSA) is 83.9 Å². The molecule has 3 aliphatic carbocycles. The fourth-order valence-corrected chi connectivity index (χ4v) is 6.76. The summed E-state index contributed by atoms with van der Waals surface area (Å²) in [5, 5.41) is 21.4. The van der Waals surface area contributed by atoms with Gasteiger partial charge in [0.1, 0.15) is 0 Å². The van der Waals surface area contributed by atoms with Crippen molar-refractivity contribution >= 4 is 23.2 Å². The van der Waals surface area contributed by atoms with Gasteiger partial charge in [-0.1, -0.05) is 90.1 Å². The van der Waals surface area contributed by atoms with Gasteiger partial charge in [-0.05, 0) is 56.3 Å². The van der Waals surface area contributed by atoms with Crippen LogP contribution >= 0.6 is 0 Å². The van der Waals surface area contributed by atoms with Crippen LogP contribution in [0.1, 0.15) is 86.8 Å². The van der Waals surface area contributed by atoms with E-state index in [1.165, 1.54) is 17.2 Å². The van der Waals surface area contributed by atoms with E-state index in [-0.39, 0.29) is 51.1 Å². The number of carbonyl (C=O) groups is 2. The van der Waals surface area contributed by atoms with Crippen LogP contribution in [0.2, 0.25) is 0 Å². The molecule has 1 heterocycles. The van der Waals surface area contributed by atoms with Crippen molar-refractivity contribution in [3.63, 3.8) is 0 Å². The fourth-order valence-electron chi connectivity index (χ4n) is 6.76. The summed E-state index contributed by atoms with van der Waals surface area (Å²) < 4.78 is 0. The summed E-state index contributed by atoms with van der Waals surface area (Å²) in [6, 6.07) is 19.3. The Hall–Kier alpha value is -3.48. The van der Waals surface area contributed by atoms with E-state index in [4.69, 9.17) is 0 Å². The van der Waals surface area contributed by atoms with Gasteiger partial charge < -0.3 is 10.4 Å². The molecule has 2 amide bonds. The molecule has 4 atom stereocenters. The van der Waals surface area contributed by atoms with Gasteiger partial charge in [0.15, 0.2) is 0 Å². The maximum atomic E-state index is 14.1. The molecule has 3 aromatic carbocycles. The normalized spacial score (nSPS) is 23.8. The van der Waals surface area contributed by atoms with Gasteiger partial charge in [0.25, 0.3) is 0 Å². The van der Waals surface area contributed by atoms with Crippen LogP contribution in [0.4, 0.5) is 11.4 Å². The molecule has 7 rings (SSSR count). The van der Waals surface area contributed by atoms with Crippen LogP contribution < -0.4 is 10.1 Å². The maximum Gasteiger partial charge on any atom is 0.238 e. The van der Waals surface area contributed by atoms with Crippen LogP contribution in [0.25, 0.3) is 0 Å². The third-order valence-electron chi connectivity index (χ3n) is 8.69. The van der Waals surface area contributed by atoms with Crippen molar-refractivity contribution in [3.8, 4) is 0 Å². The summed E-state index contributed by atoms with van der Waals surface area (Å²) in [7, 11) is 0. The third-order valence-corrected chi connectivity index (χ3v) is 8.69. The van der Waals surface area contributed by atoms with Gasteiger partial charge in [-0.2, -0.15) is 0 Å². The molecule has 1 N–H and O–H groups in total. The van der Waals surface area contributed by atoms with Crippen LogP contribution in [0.3, 0.4) is 0 Å². The molecule has 3 aromatic rings. The second-order valence-corrected chi connectivity index (χ2v) is 13.0. The van der Waals surface area contributed by atoms with Gasteiger partial charge in [-0.25, -0.2) is 4.90 Å². The minimum atomic E-state index is -0.574. The Morgan fingerprint density at radius 1 is 0.711 bits per heavy atom. The smallest absolute Gasteiger partial charge is 0.238 e. The SMILES string of the molecule is CC(C)(C)c1ccc2c(c1)[C@H]1c3ccc(C(C)(C)C)cc3[C@H]2[C@@H]2C(=O)N(c3ccccc3N([O-])O)C(=O)[C@H]12. The van der Waals surface area contributed by atoms with Crippen molar-refractivity contribution < 1.29 is 14.8 Å². The largest absolute Gasteiger partial charge is 0.733 e. The summed E-state index contributed by atoms with van der Waals surface area (Å²) in [5.41, 5.74) is 6.68. The van der Waals surface area contributed by atoms with Crippen LogP contribution in [0.15, 0.2) is 60.7 Å². The zero-order valence-electron chi connectivity index (χ0n) is 22.6. The first-order valence-corrected chi connectivity index (χ1v) is 13.2. The molecule has 1 saturated heterocycles. The number of benzene rings is 3. The second-order valence-electron chi connectivity index (χ2n) is 13.0. The summed E-state index contributed by atoms with van der Waals surface area (Å²) in [4.78, 5) is 29.4. The molecular formula is C32H33N2O4-. The highest BCUT2D eigenvalue weighted by Gasteiger charge is 2.62. The lowest BCUT2D eigenvalue weighted by atomic mass is 9.54. The van der Waals surface area contributed by atoms with E-state index in [1.807, 2.05) is 0 Å². The van der Waals surface area contributed by atoms with E-state index in [0.29, 0.717) is 0 Å². The summed E-state index contributed by atoms with van der Waals surface area (Å²) in [6.07, 6.45) is 0. The van der Waals surface area contributed by atoms with E-state index < -0.39 is 11.8 Å². The Balaban J connectivity index is 1.58. The van der Waals surface area contributed by atoms with Gasteiger partial charge in [0.05, 0.1) is 23.2 Å². The first-order valence-electron chi connectivity index (χ1n) is 13.2. The zero-order chi connectivity index (χ0) is 27.3. The van der Waals surface area contributed by atoms with Gasteiger partial charge in [-0.3, -0.25) is 14.8 Å².